The number of allylic oxidation sites excluding steroid dienone is 2. The summed E-state index contributed by atoms with van der Waals surface area (Å²) in [6.07, 6.45) is 5.91. The SMILES string of the molecule is CC(C)N1C=C(C#Cc2cc(F)cc(F)c2)C=CC1. The van der Waals surface area contributed by atoms with Gasteiger partial charge in [-0.2, -0.15) is 0 Å². The fourth-order valence-corrected chi connectivity index (χ4v) is 1.78. The van der Waals surface area contributed by atoms with Crippen molar-refractivity contribution in [3.05, 3.63) is 59.3 Å². The molecular weight excluding hydrogens is 244 g/mol. The Labute approximate surface area is 112 Å². The smallest absolute Gasteiger partial charge is 0.127 e. The molecule has 19 heavy (non-hydrogen) atoms. The van der Waals surface area contributed by atoms with Crippen molar-refractivity contribution >= 4 is 0 Å². The van der Waals surface area contributed by atoms with Crippen LogP contribution < -0.4 is 0 Å². The van der Waals surface area contributed by atoms with E-state index in [4.69, 9.17) is 0 Å². The minimum Gasteiger partial charge on any atom is -0.370 e. The molecule has 1 aromatic rings. The summed E-state index contributed by atoms with van der Waals surface area (Å²) in [5.41, 5.74) is 1.18. The van der Waals surface area contributed by atoms with Crippen LogP contribution in [0.1, 0.15) is 19.4 Å². The van der Waals surface area contributed by atoms with Crippen molar-refractivity contribution in [1.82, 2.24) is 4.90 Å². The Morgan fingerprint density at radius 2 is 1.79 bits per heavy atom. The van der Waals surface area contributed by atoms with Gasteiger partial charge in [0.25, 0.3) is 0 Å². The molecule has 1 nitrogen and oxygen atoms in total. The highest BCUT2D eigenvalue weighted by Crippen LogP contribution is 2.11. The van der Waals surface area contributed by atoms with Crippen molar-refractivity contribution in [3.63, 3.8) is 0 Å². The van der Waals surface area contributed by atoms with Gasteiger partial charge in [-0.05, 0) is 32.1 Å². The lowest BCUT2D eigenvalue weighted by Gasteiger charge is -2.25. The van der Waals surface area contributed by atoms with Gasteiger partial charge in [0.2, 0.25) is 0 Å². The van der Waals surface area contributed by atoms with Gasteiger partial charge >= 0.3 is 0 Å². The van der Waals surface area contributed by atoms with Crippen LogP contribution in [0, 0.1) is 23.5 Å². The quantitative estimate of drug-likeness (QED) is 0.698. The van der Waals surface area contributed by atoms with E-state index in [1.807, 2.05) is 18.4 Å². The van der Waals surface area contributed by atoms with E-state index in [1.54, 1.807) is 0 Å². The zero-order chi connectivity index (χ0) is 13.8. The first-order valence-corrected chi connectivity index (χ1v) is 6.17. The second-order valence-electron chi connectivity index (χ2n) is 4.69. The molecule has 0 aliphatic carbocycles. The largest absolute Gasteiger partial charge is 0.370 e. The van der Waals surface area contributed by atoms with E-state index in [1.165, 1.54) is 12.1 Å². The molecular formula is C16H15F2N. The minimum atomic E-state index is -0.610. The van der Waals surface area contributed by atoms with Crippen LogP contribution in [0.2, 0.25) is 0 Å². The molecule has 0 spiro atoms. The third-order valence-electron chi connectivity index (χ3n) is 2.80. The predicted octanol–water partition coefficient (Wildman–Crippen LogP) is 3.48. The molecule has 0 saturated heterocycles. The van der Waals surface area contributed by atoms with E-state index in [-0.39, 0.29) is 0 Å². The van der Waals surface area contributed by atoms with Crippen molar-refractivity contribution in [2.75, 3.05) is 6.54 Å². The van der Waals surface area contributed by atoms with E-state index in [0.717, 1.165) is 18.2 Å². The highest BCUT2D eigenvalue weighted by molar-refractivity contribution is 5.46. The molecule has 0 saturated carbocycles. The number of nitrogens with zero attached hydrogens (tertiary/aromatic N) is 1. The Hall–Kier alpha value is -2.08. The number of hydrogen-bond donors (Lipinski definition) is 0. The molecule has 0 bridgehead atoms. The predicted molar refractivity (Wildman–Crippen MR) is 72.3 cm³/mol. The average molecular weight is 259 g/mol. The summed E-state index contributed by atoms with van der Waals surface area (Å²) in [7, 11) is 0. The summed E-state index contributed by atoms with van der Waals surface area (Å²) >= 11 is 0. The van der Waals surface area contributed by atoms with Gasteiger partial charge in [0.15, 0.2) is 0 Å². The highest BCUT2D eigenvalue weighted by atomic mass is 19.1. The molecule has 0 atom stereocenters. The maximum atomic E-state index is 13.0. The molecule has 0 fully saturated rings. The van der Waals surface area contributed by atoms with Crippen molar-refractivity contribution in [2.24, 2.45) is 0 Å². The first-order chi connectivity index (χ1) is 9.04. The third kappa shape index (κ3) is 3.69. The van der Waals surface area contributed by atoms with Crippen LogP contribution in [0.3, 0.4) is 0 Å². The van der Waals surface area contributed by atoms with Crippen molar-refractivity contribution in [1.29, 1.82) is 0 Å². The van der Waals surface area contributed by atoms with Crippen molar-refractivity contribution in [3.8, 4) is 11.8 Å². The molecule has 1 aromatic carbocycles. The molecule has 3 heteroatoms. The van der Waals surface area contributed by atoms with Crippen LogP contribution >= 0.6 is 0 Å². The molecule has 0 N–H and O–H groups in total. The second-order valence-corrected chi connectivity index (χ2v) is 4.69. The third-order valence-corrected chi connectivity index (χ3v) is 2.80. The second kappa shape index (κ2) is 5.71. The van der Waals surface area contributed by atoms with Gasteiger partial charge < -0.3 is 4.90 Å². The number of halogens is 2. The molecule has 0 amide bonds. The van der Waals surface area contributed by atoms with E-state index in [9.17, 15) is 8.78 Å². The van der Waals surface area contributed by atoms with Gasteiger partial charge in [-0.25, -0.2) is 8.78 Å². The van der Waals surface area contributed by atoms with Crippen LogP contribution in [0.25, 0.3) is 0 Å². The maximum absolute atomic E-state index is 13.0. The minimum absolute atomic E-state index is 0.341. The van der Waals surface area contributed by atoms with Gasteiger partial charge in [0, 0.05) is 36.0 Å². The molecule has 0 aromatic heterocycles. The van der Waals surface area contributed by atoms with Crippen LogP contribution in [0.4, 0.5) is 8.78 Å². The van der Waals surface area contributed by atoms with Crippen LogP contribution in [-0.2, 0) is 0 Å². The Morgan fingerprint density at radius 1 is 1.11 bits per heavy atom. The topological polar surface area (TPSA) is 3.24 Å². The van der Waals surface area contributed by atoms with E-state index in [2.05, 4.69) is 30.6 Å². The lowest BCUT2D eigenvalue weighted by atomic mass is 10.1. The summed E-state index contributed by atoms with van der Waals surface area (Å²) in [5.74, 6) is 4.49. The highest BCUT2D eigenvalue weighted by Gasteiger charge is 2.06. The summed E-state index contributed by atoms with van der Waals surface area (Å²) < 4.78 is 26.0. The van der Waals surface area contributed by atoms with Gasteiger partial charge in [-0.3, -0.25) is 0 Å². The maximum Gasteiger partial charge on any atom is 0.127 e. The zero-order valence-corrected chi connectivity index (χ0v) is 11.0. The number of rotatable bonds is 1. The normalized spacial score (nSPS) is 14.2. The van der Waals surface area contributed by atoms with Gasteiger partial charge in [0.1, 0.15) is 11.6 Å². The standard InChI is InChI=1S/C16H15F2N/c1-12(2)19-7-3-4-13(11-19)5-6-14-8-15(17)10-16(18)9-14/h3-4,8-12H,7H2,1-2H3. The molecule has 98 valence electrons. The zero-order valence-electron chi connectivity index (χ0n) is 11.0. The number of benzene rings is 1. The average Bonchev–Trinajstić information content (AvgIpc) is 2.35. The van der Waals surface area contributed by atoms with Gasteiger partial charge in [-0.1, -0.05) is 17.9 Å². The van der Waals surface area contributed by atoms with E-state index < -0.39 is 11.6 Å². The molecule has 2 rings (SSSR count). The fourth-order valence-electron chi connectivity index (χ4n) is 1.78. The molecule has 0 unspecified atom stereocenters. The Balaban J connectivity index is 2.21. The molecule has 0 radical (unpaired) electrons. The van der Waals surface area contributed by atoms with Crippen LogP contribution in [0.15, 0.2) is 42.1 Å². The molecule has 1 aliphatic heterocycles. The van der Waals surface area contributed by atoms with Crippen LogP contribution in [0.5, 0.6) is 0 Å². The molecule has 1 aliphatic rings. The number of hydrogen-bond acceptors (Lipinski definition) is 1. The Bertz CT molecular complexity index is 568. The Kier molecular flexibility index (Phi) is 4.01. The van der Waals surface area contributed by atoms with E-state index in [0.29, 0.717) is 11.6 Å². The van der Waals surface area contributed by atoms with Crippen molar-refractivity contribution in [2.45, 2.75) is 19.9 Å². The first-order valence-electron chi connectivity index (χ1n) is 6.17. The summed E-state index contributed by atoms with van der Waals surface area (Å²) in [5, 5.41) is 0. The lowest BCUT2D eigenvalue weighted by molar-refractivity contribution is 0.338. The van der Waals surface area contributed by atoms with Crippen molar-refractivity contribution < 1.29 is 8.78 Å². The summed E-state index contributed by atoms with van der Waals surface area (Å²) in [6.45, 7) is 5.06. The van der Waals surface area contributed by atoms with Gasteiger partial charge in [0.05, 0.1) is 0 Å². The van der Waals surface area contributed by atoms with Crippen LogP contribution in [-0.4, -0.2) is 17.5 Å². The Morgan fingerprint density at radius 3 is 2.42 bits per heavy atom. The lowest BCUT2D eigenvalue weighted by Crippen LogP contribution is -2.27. The monoisotopic (exact) mass is 259 g/mol. The summed E-state index contributed by atoms with van der Waals surface area (Å²) in [4.78, 5) is 2.15. The molecule has 1 heterocycles. The first kappa shape index (κ1) is 13.4. The fraction of sp³-hybridized carbons (Fsp3) is 0.250. The van der Waals surface area contributed by atoms with Gasteiger partial charge in [-0.15, -0.1) is 0 Å². The van der Waals surface area contributed by atoms with E-state index >= 15 is 0 Å². The summed E-state index contributed by atoms with van der Waals surface area (Å²) in [6, 6.07) is 3.69.